The van der Waals surface area contributed by atoms with Crippen molar-refractivity contribution in [2.24, 2.45) is 0 Å². The minimum absolute atomic E-state index is 0.160. The molecule has 0 unspecified atom stereocenters. The first-order valence-corrected chi connectivity index (χ1v) is 22.1. The van der Waals surface area contributed by atoms with E-state index in [-0.39, 0.29) is 19.2 Å². The Kier molecular flexibility index (Phi) is 15.0. The summed E-state index contributed by atoms with van der Waals surface area (Å²) in [6.45, 7) is 1.80. The number of hydrogen-bond acceptors (Lipinski definition) is 9. The van der Waals surface area contributed by atoms with Gasteiger partial charge in [0.2, 0.25) is 0 Å². The average molecular weight is 887 g/mol. The van der Waals surface area contributed by atoms with Gasteiger partial charge in [-0.15, -0.1) is 0 Å². The van der Waals surface area contributed by atoms with Crippen molar-refractivity contribution >= 4 is 57.9 Å². The van der Waals surface area contributed by atoms with E-state index < -0.39 is 6.16 Å². The van der Waals surface area contributed by atoms with Crippen LogP contribution in [0.25, 0.3) is 11.6 Å². The molecule has 0 aliphatic carbocycles. The van der Waals surface area contributed by atoms with Crippen LogP contribution in [0.15, 0.2) is 212 Å². The maximum absolute atomic E-state index is 12.4. The predicted molar refractivity (Wildman–Crippen MR) is 267 cm³/mol. The lowest BCUT2D eigenvalue weighted by Gasteiger charge is -2.26. The van der Waals surface area contributed by atoms with E-state index in [1.165, 1.54) is 6.92 Å². The van der Waals surface area contributed by atoms with Gasteiger partial charge in [0.05, 0.1) is 20.3 Å². The van der Waals surface area contributed by atoms with Crippen molar-refractivity contribution in [1.82, 2.24) is 0 Å². The molecule has 0 aliphatic heterocycles. The Morgan fingerprint density at radius 2 is 0.806 bits per heavy atom. The van der Waals surface area contributed by atoms with E-state index >= 15 is 0 Å². The van der Waals surface area contributed by atoms with Crippen molar-refractivity contribution in [2.45, 2.75) is 19.8 Å². The van der Waals surface area contributed by atoms with Gasteiger partial charge in [0.15, 0.2) is 0 Å². The molecule has 8 aromatic rings. The van der Waals surface area contributed by atoms with Gasteiger partial charge in [-0.2, -0.15) is 0 Å². The van der Waals surface area contributed by atoms with E-state index in [2.05, 4.69) is 101 Å². The molecule has 0 saturated heterocycles. The number of hydrogen-bond donors (Lipinski definition) is 0. The van der Waals surface area contributed by atoms with Crippen LogP contribution in [0.5, 0.6) is 23.0 Å². The molecule has 0 N–H and O–H groups in total. The molecule has 334 valence electrons. The molecule has 0 saturated carbocycles. The Bertz CT molecular complexity index is 2800. The van der Waals surface area contributed by atoms with E-state index in [0.717, 1.165) is 73.6 Å². The van der Waals surface area contributed by atoms with Crippen molar-refractivity contribution in [3.8, 4) is 23.0 Å². The molecule has 0 bridgehead atoms. The summed E-state index contributed by atoms with van der Waals surface area (Å²) in [6, 6.07) is 70.9. The lowest BCUT2D eigenvalue weighted by molar-refractivity contribution is -0.141. The Balaban J connectivity index is 0.988. The normalized spacial score (nSPS) is 11.0. The number of nitrogens with zero attached hydrogens (tertiary/aromatic N) is 2. The highest BCUT2D eigenvalue weighted by atomic mass is 16.7. The maximum Gasteiger partial charge on any atom is 0.513 e. The topological polar surface area (TPSA) is 86.8 Å². The second-order valence-electron chi connectivity index (χ2n) is 15.4. The van der Waals surface area contributed by atoms with Crippen LogP contribution in [0, 0.1) is 0 Å². The monoisotopic (exact) mass is 886 g/mol. The molecular weight excluding hydrogens is 837 g/mol. The summed E-state index contributed by atoms with van der Waals surface area (Å²) in [6.07, 6.45) is 2.48. The predicted octanol–water partition coefficient (Wildman–Crippen LogP) is 14.9. The first-order chi connectivity index (χ1) is 32.9. The number of methoxy groups -OCH3 is 1. The third kappa shape index (κ3) is 12.2. The SMILES string of the molecule is COc1ccc(C(=Cc2ccc(N(c3ccccc3)c3ccc(Oc4ccc(N(c5ccccc5)c5ccccc5)cc4)cc3)cc2)c2ccc(OC(=O)OCCCCOC(C)=O)cc2)cc1. The number of unbranched alkanes of at least 4 members (excludes halogenated alkanes) is 1. The summed E-state index contributed by atoms with van der Waals surface area (Å²) >= 11 is 0. The second kappa shape index (κ2) is 22.4. The number of carbonyl (C=O) groups excluding carboxylic acids is 2. The Morgan fingerprint density at radius 3 is 1.22 bits per heavy atom. The zero-order valence-corrected chi connectivity index (χ0v) is 37.4. The molecular formula is C58H50N2O7. The van der Waals surface area contributed by atoms with E-state index in [1.54, 1.807) is 19.2 Å². The van der Waals surface area contributed by atoms with Gasteiger partial charge in [0.25, 0.3) is 0 Å². The Labute approximate surface area is 391 Å². The molecule has 0 radical (unpaired) electrons. The standard InChI is InChI=1S/C58H50N2O7/c1-43(61)64-40-12-13-41-65-58(62)67-56-34-24-46(25-35-56)57(45-22-32-53(63-2)33-23-45)42-44-20-26-50(27-21-44)60(49-18-10-5-11-19-49)52-30-38-55(39-31-52)66-54-36-28-51(29-37-54)59(47-14-6-3-7-15-47)48-16-8-4-9-17-48/h3-11,14-39,42H,12-13,40-41H2,1-2H3. The highest BCUT2D eigenvalue weighted by Crippen LogP contribution is 2.38. The van der Waals surface area contributed by atoms with E-state index in [4.69, 9.17) is 23.7 Å². The second-order valence-corrected chi connectivity index (χ2v) is 15.4. The minimum atomic E-state index is -0.795. The summed E-state index contributed by atoms with van der Waals surface area (Å²) < 4.78 is 27.4. The molecule has 0 amide bonds. The Hall–Kier alpha value is -8.56. The Morgan fingerprint density at radius 1 is 0.433 bits per heavy atom. The van der Waals surface area contributed by atoms with Crippen LogP contribution in [0.3, 0.4) is 0 Å². The quantitative estimate of drug-likeness (QED) is 0.0362. The molecule has 0 aromatic heterocycles. The van der Waals surface area contributed by atoms with Crippen molar-refractivity contribution in [2.75, 3.05) is 30.1 Å². The van der Waals surface area contributed by atoms with Gasteiger partial charge in [0.1, 0.15) is 23.0 Å². The minimum Gasteiger partial charge on any atom is -0.497 e. The molecule has 0 fully saturated rings. The fraction of sp³-hybridized carbons (Fsp3) is 0.103. The number of carbonyl (C=O) groups is 2. The van der Waals surface area contributed by atoms with E-state index in [9.17, 15) is 9.59 Å². The van der Waals surface area contributed by atoms with Gasteiger partial charge in [-0.25, -0.2) is 4.79 Å². The van der Waals surface area contributed by atoms with Gasteiger partial charge < -0.3 is 33.5 Å². The fourth-order valence-electron chi connectivity index (χ4n) is 7.48. The van der Waals surface area contributed by atoms with Crippen LogP contribution in [-0.2, 0) is 14.3 Å². The van der Waals surface area contributed by atoms with Crippen molar-refractivity contribution in [3.05, 3.63) is 229 Å². The molecule has 9 heteroatoms. The zero-order valence-electron chi connectivity index (χ0n) is 37.4. The zero-order chi connectivity index (χ0) is 46.2. The lowest BCUT2D eigenvalue weighted by Crippen LogP contribution is -2.12. The van der Waals surface area contributed by atoms with E-state index in [1.807, 2.05) is 115 Å². The van der Waals surface area contributed by atoms with Crippen LogP contribution in [0.1, 0.15) is 36.5 Å². The van der Waals surface area contributed by atoms with Gasteiger partial charge in [0, 0.05) is 41.0 Å². The summed E-state index contributed by atoms with van der Waals surface area (Å²) in [5.41, 5.74) is 10.0. The molecule has 0 aliphatic rings. The highest BCUT2D eigenvalue weighted by molar-refractivity contribution is 5.92. The number of benzene rings is 8. The summed E-state index contributed by atoms with van der Waals surface area (Å²) in [4.78, 5) is 27.7. The largest absolute Gasteiger partial charge is 0.513 e. The van der Waals surface area contributed by atoms with Crippen LogP contribution in [0.2, 0.25) is 0 Å². The molecule has 0 heterocycles. The highest BCUT2D eigenvalue weighted by Gasteiger charge is 2.16. The van der Waals surface area contributed by atoms with Crippen LogP contribution in [-0.4, -0.2) is 32.4 Å². The van der Waals surface area contributed by atoms with Crippen LogP contribution >= 0.6 is 0 Å². The number of anilines is 6. The molecule has 8 aromatic carbocycles. The molecule has 8 rings (SSSR count). The van der Waals surface area contributed by atoms with Crippen molar-refractivity contribution in [3.63, 3.8) is 0 Å². The van der Waals surface area contributed by atoms with Crippen molar-refractivity contribution < 1.29 is 33.3 Å². The van der Waals surface area contributed by atoms with Gasteiger partial charge in [-0.3, -0.25) is 4.79 Å². The molecule has 67 heavy (non-hydrogen) atoms. The third-order valence-corrected chi connectivity index (χ3v) is 10.8. The summed E-state index contributed by atoms with van der Waals surface area (Å²) in [5, 5.41) is 0. The molecule has 0 spiro atoms. The summed E-state index contributed by atoms with van der Waals surface area (Å²) in [5.74, 6) is 2.24. The smallest absolute Gasteiger partial charge is 0.497 e. The number of para-hydroxylation sites is 3. The van der Waals surface area contributed by atoms with Gasteiger partial charge >= 0.3 is 12.1 Å². The fourth-order valence-corrected chi connectivity index (χ4v) is 7.48. The maximum atomic E-state index is 12.4. The first-order valence-electron chi connectivity index (χ1n) is 22.1. The molecule has 9 nitrogen and oxygen atoms in total. The average Bonchev–Trinajstić information content (AvgIpc) is 3.37. The van der Waals surface area contributed by atoms with Crippen LogP contribution < -0.4 is 24.0 Å². The molecule has 0 atom stereocenters. The number of esters is 1. The number of ether oxygens (including phenoxy) is 5. The third-order valence-electron chi connectivity index (χ3n) is 10.8. The number of rotatable bonds is 18. The van der Waals surface area contributed by atoms with Gasteiger partial charge in [-0.05, 0) is 163 Å². The lowest BCUT2D eigenvalue weighted by atomic mass is 9.95. The van der Waals surface area contributed by atoms with Gasteiger partial charge in [-0.1, -0.05) is 91.0 Å². The van der Waals surface area contributed by atoms with E-state index in [0.29, 0.717) is 18.6 Å². The first kappa shape index (κ1) is 45.0. The van der Waals surface area contributed by atoms with Crippen LogP contribution in [0.4, 0.5) is 38.9 Å². The van der Waals surface area contributed by atoms with Crippen molar-refractivity contribution in [1.29, 1.82) is 0 Å². The summed E-state index contributed by atoms with van der Waals surface area (Å²) in [7, 11) is 1.65.